The maximum Gasteiger partial charge on any atom is 0.152 e. The van der Waals surface area contributed by atoms with E-state index in [4.69, 9.17) is 28.9 Å². The molecular formula is C9H5Cl2FN2. The Hall–Kier alpha value is -1.06. The van der Waals surface area contributed by atoms with Gasteiger partial charge in [-0.1, -0.05) is 23.2 Å². The summed E-state index contributed by atoms with van der Waals surface area (Å²) >= 11 is 11.3. The van der Waals surface area contributed by atoms with Crippen molar-refractivity contribution < 1.29 is 4.39 Å². The number of nitrogen functional groups attached to an aromatic ring is 1. The monoisotopic (exact) mass is 230 g/mol. The van der Waals surface area contributed by atoms with Crippen LogP contribution in [0.2, 0.25) is 10.2 Å². The van der Waals surface area contributed by atoms with Crippen LogP contribution in [0.25, 0.3) is 10.9 Å². The lowest BCUT2D eigenvalue weighted by molar-refractivity contribution is 0.630. The van der Waals surface area contributed by atoms with E-state index in [1.165, 1.54) is 12.1 Å². The number of anilines is 1. The predicted molar refractivity (Wildman–Crippen MR) is 56.1 cm³/mol. The van der Waals surface area contributed by atoms with Gasteiger partial charge < -0.3 is 5.73 Å². The molecule has 2 nitrogen and oxygen atoms in total. The van der Waals surface area contributed by atoms with Crippen LogP contribution < -0.4 is 5.73 Å². The van der Waals surface area contributed by atoms with Crippen LogP contribution in [0.4, 0.5) is 10.1 Å². The molecule has 0 aliphatic carbocycles. The van der Waals surface area contributed by atoms with E-state index in [2.05, 4.69) is 4.98 Å². The first kappa shape index (κ1) is 9.49. The molecule has 1 heterocycles. The van der Waals surface area contributed by atoms with Gasteiger partial charge in [0, 0.05) is 11.5 Å². The van der Waals surface area contributed by atoms with Crippen LogP contribution in [-0.4, -0.2) is 4.98 Å². The fourth-order valence-corrected chi connectivity index (χ4v) is 1.48. The van der Waals surface area contributed by atoms with Gasteiger partial charge in [0.15, 0.2) is 5.15 Å². The molecule has 2 rings (SSSR count). The Kier molecular flexibility index (Phi) is 2.21. The zero-order chi connectivity index (χ0) is 10.3. The van der Waals surface area contributed by atoms with Gasteiger partial charge in [0.2, 0.25) is 0 Å². The minimum Gasteiger partial charge on any atom is -0.396 e. The number of halogens is 3. The number of benzene rings is 1. The number of pyridine rings is 1. The lowest BCUT2D eigenvalue weighted by atomic mass is 10.2. The zero-order valence-electron chi connectivity index (χ0n) is 6.89. The molecule has 0 atom stereocenters. The maximum absolute atomic E-state index is 13.0. The number of nitrogens with two attached hydrogens (primary N) is 1. The van der Waals surface area contributed by atoms with Gasteiger partial charge in [-0.2, -0.15) is 0 Å². The number of hydrogen-bond acceptors (Lipinski definition) is 2. The molecule has 0 spiro atoms. The smallest absolute Gasteiger partial charge is 0.152 e. The molecule has 2 aromatic rings. The van der Waals surface area contributed by atoms with E-state index in [1.807, 2.05) is 0 Å². The molecule has 0 saturated carbocycles. The number of hydrogen-bond donors (Lipinski definition) is 1. The van der Waals surface area contributed by atoms with Crippen molar-refractivity contribution in [2.75, 3.05) is 5.73 Å². The molecule has 14 heavy (non-hydrogen) atoms. The first-order valence-corrected chi connectivity index (χ1v) is 4.54. The summed E-state index contributed by atoms with van der Waals surface area (Å²) in [5, 5.41) is 0.874. The number of fused-ring (bicyclic) bond motifs is 1. The summed E-state index contributed by atoms with van der Waals surface area (Å²) in [5.74, 6) is -0.521. The molecule has 1 aromatic carbocycles. The van der Waals surface area contributed by atoms with Crippen molar-refractivity contribution in [1.82, 2.24) is 4.98 Å². The predicted octanol–water partition coefficient (Wildman–Crippen LogP) is 3.26. The van der Waals surface area contributed by atoms with Crippen molar-refractivity contribution in [3.05, 3.63) is 34.2 Å². The van der Waals surface area contributed by atoms with Gasteiger partial charge in [-0.3, -0.25) is 0 Å². The van der Waals surface area contributed by atoms with Crippen molar-refractivity contribution in [2.24, 2.45) is 0 Å². The molecule has 0 aliphatic rings. The second-order valence-corrected chi connectivity index (χ2v) is 3.59. The van der Waals surface area contributed by atoms with Crippen molar-refractivity contribution in [3.63, 3.8) is 0 Å². The van der Waals surface area contributed by atoms with Crippen LogP contribution in [0.3, 0.4) is 0 Å². The van der Waals surface area contributed by atoms with Crippen LogP contribution >= 0.6 is 23.2 Å². The quantitative estimate of drug-likeness (QED) is 0.706. The fourth-order valence-electron chi connectivity index (χ4n) is 1.16. The van der Waals surface area contributed by atoms with Crippen molar-refractivity contribution >= 4 is 39.8 Å². The van der Waals surface area contributed by atoms with E-state index in [9.17, 15) is 4.39 Å². The van der Waals surface area contributed by atoms with Crippen molar-refractivity contribution in [1.29, 1.82) is 0 Å². The summed E-state index contributed by atoms with van der Waals surface area (Å²) in [6.45, 7) is 0. The van der Waals surface area contributed by atoms with E-state index in [0.29, 0.717) is 16.6 Å². The van der Waals surface area contributed by atoms with Gasteiger partial charge in [-0.15, -0.1) is 0 Å². The molecule has 0 saturated heterocycles. The molecule has 72 valence electrons. The molecule has 0 amide bonds. The summed E-state index contributed by atoms with van der Waals surface area (Å²) in [6, 6.07) is 4.30. The Balaban J connectivity index is 2.83. The Morgan fingerprint density at radius 2 is 1.93 bits per heavy atom. The second kappa shape index (κ2) is 3.26. The highest BCUT2D eigenvalue weighted by Gasteiger charge is 2.06. The van der Waals surface area contributed by atoms with Crippen molar-refractivity contribution in [3.8, 4) is 0 Å². The third-order valence-corrected chi connectivity index (χ3v) is 2.43. The topological polar surface area (TPSA) is 38.9 Å². The van der Waals surface area contributed by atoms with Gasteiger partial charge in [-0.25, -0.2) is 9.37 Å². The van der Waals surface area contributed by atoms with Gasteiger partial charge in [-0.05, 0) is 12.1 Å². The lowest BCUT2D eigenvalue weighted by Crippen LogP contribution is -1.91. The summed E-state index contributed by atoms with van der Waals surface area (Å²) < 4.78 is 13.0. The highest BCUT2D eigenvalue weighted by Crippen LogP contribution is 2.26. The highest BCUT2D eigenvalue weighted by molar-refractivity contribution is 6.33. The third-order valence-electron chi connectivity index (χ3n) is 1.84. The Labute approximate surface area is 89.4 Å². The fraction of sp³-hybridized carbons (Fsp3) is 0. The molecule has 0 bridgehead atoms. The van der Waals surface area contributed by atoms with E-state index in [-0.39, 0.29) is 10.2 Å². The molecule has 5 heteroatoms. The molecular weight excluding hydrogens is 226 g/mol. The van der Waals surface area contributed by atoms with Gasteiger partial charge >= 0.3 is 0 Å². The number of aromatic nitrogens is 1. The Morgan fingerprint density at radius 1 is 1.21 bits per heavy atom. The summed E-state index contributed by atoms with van der Waals surface area (Å²) in [5.41, 5.74) is 6.33. The lowest BCUT2D eigenvalue weighted by Gasteiger charge is -2.02. The standard InChI is InChI=1S/C9H5Cl2FN2/c10-5-1-4-2-7(13)9(11)14-8(4)3-6(5)12/h1-3H,13H2. The molecule has 0 aliphatic heterocycles. The molecule has 2 N–H and O–H groups in total. The highest BCUT2D eigenvalue weighted by atomic mass is 35.5. The van der Waals surface area contributed by atoms with E-state index in [0.717, 1.165) is 0 Å². The van der Waals surface area contributed by atoms with Crippen molar-refractivity contribution in [2.45, 2.75) is 0 Å². The average molecular weight is 231 g/mol. The first-order chi connectivity index (χ1) is 6.58. The second-order valence-electron chi connectivity index (χ2n) is 2.83. The summed E-state index contributed by atoms with van der Waals surface area (Å²) in [6.07, 6.45) is 0. The van der Waals surface area contributed by atoms with Gasteiger partial charge in [0.05, 0.1) is 16.2 Å². The number of nitrogens with zero attached hydrogens (tertiary/aromatic N) is 1. The zero-order valence-corrected chi connectivity index (χ0v) is 8.40. The van der Waals surface area contributed by atoms with Crippen LogP contribution in [0.1, 0.15) is 0 Å². The molecule has 0 radical (unpaired) electrons. The van der Waals surface area contributed by atoms with Crippen LogP contribution in [-0.2, 0) is 0 Å². The Morgan fingerprint density at radius 3 is 2.64 bits per heavy atom. The molecule has 0 unspecified atom stereocenters. The van der Waals surface area contributed by atoms with E-state index < -0.39 is 5.82 Å². The minimum atomic E-state index is -0.521. The summed E-state index contributed by atoms with van der Waals surface area (Å²) in [4.78, 5) is 3.92. The first-order valence-electron chi connectivity index (χ1n) is 3.78. The molecule has 0 fully saturated rings. The van der Waals surface area contributed by atoms with Crippen LogP contribution in [0.15, 0.2) is 18.2 Å². The summed E-state index contributed by atoms with van der Waals surface area (Å²) in [7, 11) is 0. The van der Waals surface area contributed by atoms with Crippen LogP contribution in [0.5, 0.6) is 0 Å². The van der Waals surface area contributed by atoms with Gasteiger partial charge in [0.25, 0.3) is 0 Å². The molecule has 1 aromatic heterocycles. The third kappa shape index (κ3) is 1.49. The maximum atomic E-state index is 13.0. The minimum absolute atomic E-state index is 0.0426. The number of rotatable bonds is 0. The van der Waals surface area contributed by atoms with E-state index in [1.54, 1.807) is 6.07 Å². The Bertz CT molecular complexity index is 424. The average Bonchev–Trinajstić information content (AvgIpc) is 2.11. The normalized spacial score (nSPS) is 10.8. The largest absolute Gasteiger partial charge is 0.396 e. The van der Waals surface area contributed by atoms with E-state index >= 15 is 0 Å². The van der Waals surface area contributed by atoms with Crippen LogP contribution in [0, 0.1) is 5.82 Å². The van der Waals surface area contributed by atoms with Gasteiger partial charge in [0.1, 0.15) is 5.82 Å². The SMILES string of the molecule is Nc1cc2cc(Cl)c(F)cc2nc1Cl.